The van der Waals surface area contributed by atoms with Gasteiger partial charge in [-0.1, -0.05) is 6.92 Å². The van der Waals surface area contributed by atoms with E-state index in [-0.39, 0.29) is 28.3 Å². The van der Waals surface area contributed by atoms with E-state index in [9.17, 15) is 18.5 Å². The third kappa shape index (κ3) is 3.48. The van der Waals surface area contributed by atoms with Crippen molar-refractivity contribution in [3.05, 3.63) is 40.4 Å². The quantitative estimate of drug-likeness (QED) is 0.478. The summed E-state index contributed by atoms with van der Waals surface area (Å²) < 4.78 is 24.4. The Labute approximate surface area is 126 Å². The van der Waals surface area contributed by atoms with Crippen LogP contribution in [0.1, 0.15) is 6.92 Å². The average Bonchev–Trinajstić information content (AvgIpc) is 2.45. The van der Waals surface area contributed by atoms with E-state index in [0.717, 1.165) is 0 Å². The number of halogens is 1. The molecule has 0 bridgehead atoms. The fraction of sp³-hybridized carbons (Fsp3) is 0.308. The van der Waals surface area contributed by atoms with Crippen molar-refractivity contribution in [2.24, 2.45) is 5.92 Å². The van der Waals surface area contributed by atoms with E-state index in [2.05, 4.69) is 4.98 Å². The highest BCUT2D eigenvalue weighted by molar-refractivity contribution is 7.91. The summed E-state index contributed by atoms with van der Waals surface area (Å²) in [6.07, 6.45) is 0. The zero-order valence-corrected chi connectivity index (χ0v) is 12.8. The first-order chi connectivity index (χ1) is 9.83. The van der Waals surface area contributed by atoms with Crippen LogP contribution in [-0.4, -0.2) is 30.0 Å². The summed E-state index contributed by atoms with van der Waals surface area (Å²) in [5, 5.41) is 11.2. The van der Waals surface area contributed by atoms with Crippen molar-refractivity contribution in [2.45, 2.75) is 11.9 Å². The lowest BCUT2D eigenvalue weighted by molar-refractivity contribution is -0.384. The molecule has 6 nitrogen and oxygen atoms in total. The van der Waals surface area contributed by atoms with Crippen LogP contribution in [0.3, 0.4) is 0 Å². The molecule has 0 spiro atoms. The molecule has 1 atom stereocenters. The predicted octanol–water partition coefficient (Wildman–Crippen LogP) is 2.79. The van der Waals surface area contributed by atoms with Crippen LogP contribution >= 0.6 is 11.6 Å². The highest BCUT2D eigenvalue weighted by Gasteiger charge is 2.20. The summed E-state index contributed by atoms with van der Waals surface area (Å²) in [5.41, 5.74) is 0.343. The monoisotopic (exact) mass is 328 g/mol. The van der Waals surface area contributed by atoms with Gasteiger partial charge in [0, 0.05) is 23.4 Å². The molecule has 0 saturated carbocycles. The zero-order valence-electron chi connectivity index (χ0n) is 11.2. The van der Waals surface area contributed by atoms with Crippen LogP contribution in [0, 0.1) is 16.0 Å². The van der Waals surface area contributed by atoms with Gasteiger partial charge in [0.15, 0.2) is 14.9 Å². The lowest BCUT2D eigenvalue weighted by atomic mass is 10.2. The van der Waals surface area contributed by atoms with Gasteiger partial charge in [0.1, 0.15) is 0 Å². The predicted molar refractivity (Wildman–Crippen MR) is 80.3 cm³/mol. The Morgan fingerprint density at radius 2 is 2.05 bits per heavy atom. The van der Waals surface area contributed by atoms with Crippen LogP contribution in [0.15, 0.2) is 35.4 Å². The normalized spacial score (nSPS) is 13.2. The molecule has 0 amide bonds. The molecular weight excluding hydrogens is 316 g/mol. The molecule has 0 aliphatic carbocycles. The Kier molecular flexibility index (Phi) is 4.43. The van der Waals surface area contributed by atoms with Crippen LogP contribution < -0.4 is 0 Å². The van der Waals surface area contributed by atoms with Gasteiger partial charge in [-0.05, 0) is 24.1 Å². The minimum absolute atomic E-state index is 0.0409. The van der Waals surface area contributed by atoms with E-state index in [0.29, 0.717) is 10.9 Å². The number of nitro groups is 1. The Hall–Kier alpha value is -1.73. The van der Waals surface area contributed by atoms with Crippen LogP contribution in [-0.2, 0) is 9.84 Å². The number of sulfone groups is 1. The van der Waals surface area contributed by atoms with Gasteiger partial charge in [0.25, 0.3) is 5.69 Å². The molecule has 2 aromatic rings. The molecule has 0 aliphatic rings. The Balaban J connectivity index is 2.44. The van der Waals surface area contributed by atoms with Gasteiger partial charge >= 0.3 is 0 Å². The molecule has 1 aromatic carbocycles. The number of alkyl halides is 1. The topological polar surface area (TPSA) is 90.2 Å². The molecule has 0 radical (unpaired) electrons. The number of non-ortho nitro benzene ring substituents is 1. The standard InChI is InChI=1S/C13H13ClN2O4S/c1-9(7-14)8-21(19,20)13-5-2-10-6-11(16(17)18)3-4-12(10)15-13/h2-6,9H,7-8H2,1H3. The number of nitro benzene ring substituents is 1. The number of pyridine rings is 1. The summed E-state index contributed by atoms with van der Waals surface area (Å²) in [7, 11) is -3.52. The third-order valence-corrected chi connectivity index (χ3v) is 5.34. The second-order valence-electron chi connectivity index (χ2n) is 4.82. The molecule has 0 saturated heterocycles. The van der Waals surface area contributed by atoms with Crippen LogP contribution in [0.25, 0.3) is 10.9 Å². The first-order valence-corrected chi connectivity index (χ1v) is 8.36. The van der Waals surface area contributed by atoms with E-state index in [1.807, 2.05) is 0 Å². The summed E-state index contributed by atoms with van der Waals surface area (Å²) >= 11 is 5.64. The number of aromatic nitrogens is 1. The van der Waals surface area contributed by atoms with Crippen molar-refractivity contribution in [2.75, 3.05) is 11.6 Å². The highest BCUT2D eigenvalue weighted by Crippen LogP contribution is 2.22. The number of rotatable bonds is 5. The van der Waals surface area contributed by atoms with E-state index in [1.165, 1.54) is 30.3 Å². The van der Waals surface area contributed by atoms with Crippen molar-refractivity contribution in [3.63, 3.8) is 0 Å². The molecular formula is C13H13ClN2O4S. The first-order valence-electron chi connectivity index (χ1n) is 6.17. The maximum absolute atomic E-state index is 12.2. The average molecular weight is 329 g/mol. The Morgan fingerprint density at radius 3 is 2.67 bits per heavy atom. The second-order valence-corrected chi connectivity index (χ2v) is 7.11. The Morgan fingerprint density at radius 1 is 1.33 bits per heavy atom. The SMILES string of the molecule is CC(CCl)CS(=O)(=O)c1ccc2cc([N+](=O)[O-])ccc2n1. The van der Waals surface area contributed by atoms with Crippen molar-refractivity contribution in [1.82, 2.24) is 4.98 Å². The van der Waals surface area contributed by atoms with E-state index < -0.39 is 14.8 Å². The fourth-order valence-corrected chi connectivity index (χ4v) is 3.67. The van der Waals surface area contributed by atoms with E-state index >= 15 is 0 Å². The third-order valence-electron chi connectivity index (χ3n) is 2.94. The molecule has 0 fully saturated rings. The minimum atomic E-state index is -3.52. The van der Waals surface area contributed by atoms with Crippen LogP contribution in [0.4, 0.5) is 5.69 Å². The highest BCUT2D eigenvalue weighted by atomic mass is 35.5. The van der Waals surface area contributed by atoms with Gasteiger partial charge in [-0.2, -0.15) is 0 Å². The molecule has 0 aliphatic heterocycles. The van der Waals surface area contributed by atoms with Crippen molar-refractivity contribution in [1.29, 1.82) is 0 Å². The molecule has 8 heteroatoms. The van der Waals surface area contributed by atoms with Crippen LogP contribution in [0.5, 0.6) is 0 Å². The molecule has 112 valence electrons. The number of hydrogen-bond acceptors (Lipinski definition) is 5. The molecule has 1 unspecified atom stereocenters. The molecule has 2 rings (SSSR count). The van der Waals surface area contributed by atoms with Crippen molar-refractivity contribution < 1.29 is 13.3 Å². The van der Waals surface area contributed by atoms with E-state index in [4.69, 9.17) is 11.6 Å². The number of hydrogen-bond donors (Lipinski definition) is 0. The Bertz CT molecular complexity index is 792. The summed E-state index contributed by atoms with van der Waals surface area (Å²) in [5.74, 6) is -0.00732. The number of benzene rings is 1. The molecule has 0 N–H and O–H groups in total. The fourth-order valence-electron chi connectivity index (χ4n) is 1.89. The van der Waals surface area contributed by atoms with Crippen molar-refractivity contribution in [3.8, 4) is 0 Å². The lowest BCUT2D eigenvalue weighted by Gasteiger charge is -2.08. The number of fused-ring (bicyclic) bond motifs is 1. The summed E-state index contributed by atoms with van der Waals surface area (Å²) in [6.45, 7) is 1.74. The molecule has 1 aromatic heterocycles. The van der Waals surface area contributed by atoms with Gasteiger partial charge in [0.2, 0.25) is 0 Å². The second kappa shape index (κ2) is 5.95. The number of nitrogens with zero attached hydrogens (tertiary/aromatic N) is 2. The van der Waals surface area contributed by atoms with Crippen molar-refractivity contribution >= 4 is 38.0 Å². The maximum atomic E-state index is 12.2. The van der Waals surface area contributed by atoms with E-state index in [1.54, 1.807) is 6.92 Å². The minimum Gasteiger partial charge on any atom is -0.258 e. The van der Waals surface area contributed by atoms with Gasteiger partial charge in [0.05, 0.1) is 16.2 Å². The summed E-state index contributed by atoms with van der Waals surface area (Å²) in [4.78, 5) is 14.3. The van der Waals surface area contributed by atoms with Gasteiger partial charge < -0.3 is 0 Å². The smallest absolute Gasteiger partial charge is 0.258 e. The van der Waals surface area contributed by atoms with Gasteiger partial charge in [-0.25, -0.2) is 13.4 Å². The maximum Gasteiger partial charge on any atom is 0.270 e. The van der Waals surface area contributed by atoms with Crippen LogP contribution in [0.2, 0.25) is 0 Å². The molecule has 21 heavy (non-hydrogen) atoms. The molecule has 1 heterocycles. The lowest BCUT2D eigenvalue weighted by Crippen LogP contribution is -2.16. The van der Waals surface area contributed by atoms with Gasteiger partial charge in [-0.3, -0.25) is 10.1 Å². The largest absolute Gasteiger partial charge is 0.270 e. The zero-order chi connectivity index (χ0) is 15.6. The summed E-state index contributed by atoms with van der Waals surface area (Å²) in [6, 6.07) is 6.99. The van der Waals surface area contributed by atoms with Gasteiger partial charge in [-0.15, -0.1) is 11.6 Å². The first kappa shape index (κ1) is 15.7.